The molecule has 98 valence electrons. The van der Waals surface area contributed by atoms with Crippen molar-refractivity contribution >= 4 is 10.0 Å². The van der Waals surface area contributed by atoms with Crippen molar-refractivity contribution in [2.45, 2.75) is 38.0 Å². The molecule has 0 bridgehead atoms. The van der Waals surface area contributed by atoms with E-state index >= 15 is 0 Å². The van der Waals surface area contributed by atoms with E-state index in [1.165, 1.54) is 11.3 Å². The van der Waals surface area contributed by atoms with Crippen molar-refractivity contribution < 1.29 is 13.2 Å². The molecule has 5 nitrogen and oxygen atoms in total. The van der Waals surface area contributed by atoms with Crippen LogP contribution in [0, 0.1) is 0 Å². The highest BCUT2D eigenvalue weighted by atomic mass is 32.2. The van der Waals surface area contributed by atoms with Crippen LogP contribution >= 0.6 is 0 Å². The van der Waals surface area contributed by atoms with Crippen molar-refractivity contribution in [3.63, 3.8) is 0 Å². The molecule has 0 saturated carbocycles. The second-order valence-corrected chi connectivity index (χ2v) is 6.71. The predicted octanol–water partition coefficient (Wildman–Crippen LogP) is 0.351. The lowest BCUT2D eigenvalue weighted by atomic mass is 10.1. The van der Waals surface area contributed by atoms with E-state index in [4.69, 9.17) is 4.74 Å². The van der Waals surface area contributed by atoms with E-state index < -0.39 is 10.0 Å². The normalized spacial score (nSPS) is 28.7. The molecule has 2 saturated heterocycles. The van der Waals surface area contributed by atoms with Crippen molar-refractivity contribution in [3.8, 4) is 0 Å². The van der Waals surface area contributed by atoms with Crippen molar-refractivity contribution in [2.24, 2.45) is 0 Å². The van der Waals surface area contributed by atoms with Gasteiger partial charge in [0.25, 0.3) is 0 Å². The lowest BCUT2D eigenvalue weighted by Crippen LogP contribution is -2.50. The molecule has 2 aliphatic rings. The Balaban J connectivity index is 1.94. The minimum absolute atomic E-state index is 0.0166. The fourth-order valence-electron chi connectivity index (χ4n) is 1.98. The zero-order valence-electron chi connectivity index (χ0n) is 10.3. The Morgan fingerprint density at radius 2 is 2.24 bits per heavy atom. The van der Waals surface area contributed by atoms with Crippen LogP contribution < -0.4 is 10.0 Å². The first-order chi connectivity index (χ1) is 8.03. The molecule has 0 aromatic carbocycles. The number of allylic oxidation sites excluding steroid dienone is 1. The Bertz CT molecular complexity index is 412. The number of nitrogens with one attached hydrogen (secondary N) is 2. The summed E-state index contributed by atoms with van der Waals surface area (Å²) in [6.07, 6.45) is 1.77. The lowest BCUT2D eigenvalue weighted by Gasteiger charge is -2.27. The third kappa shape index (κ3) is 2.81. The van der Waals surface area contributed by atoms with Crippen LogP contribution in [0.1, 0.15) is 26.7 Å². The largest absolute Gasteiger partial charge is 0.387 e. The van der Waals surface area contributed by atoms with Crippen LogP contribution in [0.3, 0.4) is 0 Å². The first kappa shape index (κ1) is 12.9. The van der Waals surface area contributed by atoms with Crippen LogP contribution in [0.4, 0.5) is 0 Å². The fourth-order valence-corrected chi connectivity index (χ4v) is 3.36. The first-order valence-electron chi connectivity index (χ1n) is 6.04. The molecular weight excluding hydrogens is 240 g/mol. The second kappa shape index (κ2) is 4.96. The summed E-state index contributed by atoms with van der Waals surface area (Å²) in [5.41, 5.74) is 2.49. The number of hydrogen-bond acceptors (Lipinski definition) is 4. The molecule has 17 heavy (non-hydrogen) atoms. The Hall–Kier alpha value is -0.590. The molecule has 0 aromatic heterocycles. The minimum Gasteiger partial charge on any atom is -0.387 e. The van der Waals surface area contributed by atoms with Crippen LogP contribution in [0.15, 0.2) is 11.3 Å². The molecule has 2 N–H and O–H groups in total. The van der Waals surface area contributed by atoms with Crippen molar-refractivity contribution in [2.75, 3.05) is 19.8 Å². The van der Waals surface area contributed by atoms with Crippen LogP contribution in [-0.4, -0.2) is 39.5 Å². The number of sulfonamides is 1. The van der Waals surface area contributed by atoms with E-state index in [0.717, 1.165) is 12.8 Å². The summed E-state index contributed by atoms with van der Waals surface area (Å²) in [6.45, 7) is 5.52. The van der Waals surface area contributed by atoms with Gasteiger partial charge in [-0.3, -0.25) is 0 Å². The van der Waals surface area contributed by atoms with Crippen LogP contribution in [0.2, 0.25) is 0 Å². The number of ether oxygens (including phenoxy) is 1. The Morgan fingerprint density at radius 3 is 2.76 bits per heavy atom. The SMILES string of the molecule is CC/C(C)=C1/C[C@H](NS(=O)(=O)C2COC2)CN1. The van der Waals surface area contributed by atoms with Gasteiger partial charge in [-0.2, -0.15) is 0 Å². The number of hydrogen-bond donors (Lipinski definition) is 2. The molecule has 0 unspecified atom stereocenters. The van der Waals surface area contributed by atoms with Gasteiger partial charge in [0.15, 0.2) is 0 Å². The van der Waals surface area contributed by atoms with E-state index in [9.17, 15) is 8.42 Å². The molecule has 2 fully saturated rings. The summed E-state index contributed by atoms with van der Waals surface area (Å²) in [7, 11) is -3.20. The summed E-state index contributed by atoms with van der Waals surface area (Å²) >= 11 is 0. The van der Waals surface area contributed by atoms with E-state index in [0.29, 0.717) is 19.8 Å². The molecule has 2 aliphatic heterocycles. The molecule has 0 radical (unpaired) electrons. The minimum atomic E-state index is -3.20. The molecule has 0 aliphatic carbocycles. The van der Waals surface area contributed by atoms with Crippen LogP contribution in [0.5, 0.6) is 0 Å². The monoisotopic (exact) mass is 260 g/mol. The summed E-state index contributed by atoms with van der Waals surface area (Å²) in [4.78, 5) is 0. The smallest absolute Gasteiger partial charge is 0.219 e. The molecule has 2 rings (SSSR count). The Kier molecular flexibility index (Phi) is 3.75. The maximum Gasteiger partial charge on any atom is 0.219 e. The fraction of sp³-hybridized carbons (Fsp3) is 0.818. The summed E-state index contributed by atoms with van der Waals surface area (Å²) in [5.74, 6) is 0. The van der Waals surface area contributed by atoms with E-state index in [-0.39, 0.29) is 11.3 Å². The van der Waals surface area contributed by atoms with Gasteiger partial charge in [-0.05, 0) is 13.3 Å². The summed E-state index contributed by atoms with van der Waals surface area (Å²) in [5, 5.41) is 2.92. The Labute approximate surface area is 103 Å². The average Bonchev–Trinajstić information content (AvgIpc) is 2.60. The quantitative estimate of drug-likeness (QED) is 0.765. The van der Waals surface area contributed by atoms with Gasteiger partial charge in [0.2, 0.25) is 10.0 Å². The van der Waals surface area contributed by atoms with Gasteiger partial charge in [-0.25, -0.2) is 13.1 Å². The topological polar surface area (TPSA) is 67.4 Å². The Morgan fingerprint density at radius 1 is 1.53 bits per heavy atom. The second-order valence-electron chi connectivity index (χ2n) is 4.72. The van der Waals surface area contributed by atoms with Gasteiger partial charge in [0, 0.05) is 24.7 Å². The maximum absolute atomic E-state index is 11.9. The van der Waals surface area contributed by atoms with Gasteiger partial charge < -0.3 is 10.1 Å². The van der Waals surface area contributed by atoms with Gasteiger partial charge in [0.05, 0.1) is 13.2 Å². The molecule has 6 heteroatoms. The van der Waals surface area contributed by atoms with Gasteiger partial charge in [-0.15, -0.1) is 0 Å². The zero-order valence-corrected chi connectivity index (χ0v) is 11.1. The molecule has 0 aromatic rings. The third-order valence-corrected chi connectivity index (χ3v) is 5.25. The number of rotatable bonds is 4. The van der Waals surface area contributed by atoms with Gasteiger partial charge >= 0.3 is 0 Å². The highest BCUT2D eigenvalue weighted by Crippen LogP contribution is 2.19. The zero-order chi connectivity index (χ0) is 12.5. The molecule has 0 amide bonds. The summed E-state index contributed by atoms with van der Waals surface area (Å²) in [6, 6.07) is -0.0166. The van der Waals surface area contributed by atoms with Gasteiger partial charge in [-0.1, -0.05) is 12.5 Å². The molecular formula is C11H20N2O3S. The van der Waals surface area contributed by atoms with Crippen molar-refractivity contribution in [1.82, 2.24) is 10.0 Å². The van der Waals surface area contributed by atoms with Crippen molar-refractivity contribution in [1.29, 1.82) is 0 Å². The van der Waals surface area contributed by atoms with Crippen LogP contribution in [0.25, 0.3) is 0 Å². The first-order valence-corrected chi connectivity index (χ1v) is 7.59. The average molecular weight is 260 g/mol. The standard InChI is InChI=1S/C11H20N2O3S/c1-3-8(2)11-4-9(5-12-11)13-17(14,15)10-6-16-7-10/h9-10,12-13H,3-7H2,1-2H3/b11-8-/t9-/m0/s1. The lowest BCUT2D eigenvalue weighted by molar-refractivity contribution is 0.0410. The highest BCUT2D eigenvalue weighted by molar-refractivity contribution is 7.90. The third-order valence-electron chi connectivity index (χ3n) is 3.44. The maximum atomic E-state index is 11.9. The van der Waals surface area contributed by atoms with Crippen molar-refractivity contribution in [3.05, 3.63) is 11.3 Å². The molecule has 2 heterocycles. The highest BCUT2D eigenvalue weighted by Gasteiger charge is 2.35. The van der Waals surface area contributed by atoms with E-state index in [1.54, 1.807) is 0 Å². The predicted molar refractivity (Wildman–Crippen MR) is 66.1 cm³/mol. The summed E-state index contributed by atoms with van der Waals surface area (Å²) < 4.78 is 31.4. The van der Waals surface area contributed by atoms with E-state index in [1.807, 2.05) is 0 Å². The molecule has 0 spiro atoms. The van der Waals surface area contributed by atoms with E-state index in [2.05, 4.69) is 23.9 Å². The van der Waals surface area contributed by atoms with Crippen LogP contribution in [-0.2, 0) is 14.8 Å². The molecule has 1 atom stereocenters. The van der Waals surface area contributed by atoms with Gasteiger partial charge in [0.1, 0.15) is 5.25 Å².